The normalized spacial score (nSPS) is 37.0. The van der Waals surface area contributed by atoms with Crippen molar-refractivity contribution in [3.05, 3.63) is 0 Å². The van der Waals surface area contributed by atoms with E-state index in [-0.39, 0.29) is 11.3 Å². The molecule has 2 saturated heterocycles. The van der Waals surface area contributed by atoms with Gasteiger partial charge in [0.1, 0.15) is 5.72 Å². The van der Waals surface area contributed by atoms with Crippen molar-refractivity contribution in [1.29, 1.82) is 0 Å². The number of hydrogen-bond donors (Lipinski definition) is 1. The van der Waals surface area contributed by atoms with Gasteiger partial charge in [-0.1, -0.05) is 0 Å². The zero-order chi connectivity index (χ0) is 10.9. The van der Waals surface area contributed by atoms with Gasteiger partial charge in [-0.05, 0) is 46.0 Å². The van der Waals surface area contributed by atoms with Crippen molar-refractivity contribution in [1.82, 2.24) is 5.32 Å². The molecule has 3 heteroatoms. The summed E-state index contributed by atoms with van der Waals surface area (Å²) in [5.74, 6) is 0.755. The maximum absolute atomic E-state index is 5.91. The topological polar surface area (TPSA) is 30.5 Å². The Bertz CT molecular complexity index is 224. The first-order chi connectivity index (χ1) is 6.99. The van der Waals surface area contributed by atoms with Gasteiger partial charge in [0.25, 0.3) is 0 Å². The molecule has 0 spiro atoms. The average molecular weight is 213 g/mol. The van der Waals surface area contributed by atoms with Gasteiger partial charge in [-0.25, -0.2) is 0 Å². The van der Waals surface area contributed by atoms with Crippen molar-refractivity contribution in [2.45, 2.75) is 51.3 Å². The van der Waals surface area contributed by atoms with Crippen LogP contribution in [-0.4, -0.2) is 31.1 Å². The molecule has 2 aliphatic rings. The highest BCUT2D eigenvalue weighted by Gasteiger charge is 2.41. The van der Waals surface area contributed by atoms with Crippen molar-refractivity contribution in [3.8, 4) is 0 Å². The van der Waals surface area contributed by atoms with Crippen LogP contribution in [0, 0.1) is 5.92 Å². The standard InChI is InChI=1S/C12H23NO2/c1-11(2)9-15-12(3,13-11)8-10-4-6-14-7-5-10/h10,13H,4-9H2,1-3H3. The van der Waals surface area contributed by atoms with Crippen molar-refractivity contribution in [2.75, 3.05) is 19.8 Å². The van der Waals surface area contributed by atoms with Crippen LogP contribution in [0.3, 0.4) is 0 Å². The molecule has 0 radical (unpaired) electrons. The highest BCUT2D eigenvalue weighted by molar-refractivity contribution is 4.93. The predicted molar refractivity (Wildman–Crippen MR) is 59.7 cm³/mol. The Balaban J connectivity index is 1.88. The molecule has 2 heterocycles. The van der Waals surface area contributed by atoms with Gasteiger partial charge >= 0.3 is 0 Å². The summed E-state index contributed by atoms with van der Waals surface area (Å²) in [6.07, 6.45) is 3.47. The molecular weight excluding hydrogens is 190 g/mol. The Kier molecular flexibility index (Phi) is 3.06. The van der Waals surface area contributed by atoms with Crippen molar-refractivity contribution >= 4 is 0 Å². The van der Waals surface area contributed by atoms with E-state index in [1.807, 2.05) is 0 Å². The van der Waals surface area contributed by atoms with Crippen molar-refractivity contribution in [2.24, 2.45) is 5.92 Å². The first-order valence-electron chi connectivity index (χ1n) is 6.00. The number of rotatable bonds is 2. The van der Waals surface area contributed by atoms with E-state index in [4.69, 9.17) is 9.47 Å². The molecule has 0 aliphatic carbocycles. The number of ether oxygens (including phenoxy) is 2. The molecular formula is C12H23NO2. The lowest BCUT2D eigenvalue weighted by Crippen LogP contribution is -2.47. The average Bonchev–Trinajstić information content (AvgIpc) is 2.42. The quantitative estimate of drug-likeness (QED) is 0.760. The van der Waals surface area contributed by atoms with Gasteiger partial charge in [0.15, 0.2) is 0 Å². The molecule has 0 aromatic rings. The molecule has 1 atom stereocenters. The van der Waals surface area contributed by atoms with Crippen LogP contribution in [0.5, 0.6) is 0 Å². The summed E-state index contributed by atoms with van der Waals surface area (Å²) in [5.41, 5.74) is 0.00538. The van der Waals surface area contributed by atoms with Crippen LogP contribution >= 0.6 is 0 Å². The molecule has 2 aliphatic heterocycles. The fourth-order valence-electron chi connectivity index (χ4n) is 2.74. The molecule has 0 saturated carbocycles. The fourth-order valence-corrected chi connectivity index (χ4v) is 2.74. The Labute approximate surface area is 92.5 Å². The van der Waals surface area contributed by atoms with E-state index in [0.717, 1.165) is 32.2 Å². The molecule has 0 aromatic carbocycles. The zero-order valence-electron chi connectivity index (χ0n) is 10.1. The Hall–Kier alpha value is -0.120. The lowest BCUT2D eigenvalue weighted by atomic mass is 9.91. The minimum Gasteiger partial charge on any atom is -0.381 e. The molecule has 88 valence electrons. The van der Waals surface area contributed by atoms with Gasteiger partial charge in [0.2, 0.25) is 0 Å². The maximum atomic E-state index is 5.91. The van der Waals surface area contributed by atoms with Gasteiger partial charge in [-0.15, -0.1) is 0 Å². The molecule has 3 nitrogen and oxygen atoms in total. The summed E-state index contributed by atoms with van der Waals surface area (Å²) >= 11 is 0. The Morgan fingerprint density at radius 3 is 2.40 bits per heavy atom. The molecule has 15 heavy (non-hydrogen) atoms. The van der Waals surface area contributed by atoms with Crippen LogP contribution < -0.4 is 5.32 Å². The van der Waals surface area contributed by atoms with E-state index < -0.39 is 0 Å². The lowest BCUT2D eigenvalue weighted by molar-refractivity contribution is -0.0313. The Morgan fingerprint density at radius 1 is 1.20 bits per heavy atom. The molecule has 0 bridgehead atoms. The van der Waals surface area contributed by atoms with E-state index in [1.54, 1.807) is 0 Å². The molecule has 1 N–H and O–H groups in total. The number of nitrogens with one attached hydrogen (secondary N) is 1. The monoisotopic (exact) mass is 213 g/mol. The van der Waals surface area contributed by atoms with E-state index in [2.05, 4.69) is 26.1 Å². The predicted octanol–water partition coefficient (Wildman–Crippen LogP) is 1.92. The lowest BCUT2D eigenvalue weighted by Gasteiger charge is -2.32. The van der Waals surface area contributed by atoms with Gasteiger partial charge in [0.05, 0.1) is 6.61 Å². The SMILES string of the molecule is CC1(C)COC(C)(CC2CCOCC2)N1. The molecule has 1 unspecified atom stereocenters. The summed E-state index contributed by atoms with van der Waals surface area (Å²) in [6.45, 7) is 9.22. The summed E-state index contributed by atoms with van der Waals surface area (Å²) in [5, 5.41) is 3.59. The third-order valence-corrected chi connectivity index (χ3v) is 3.37. The second kappa shape index (κ2) is 4.04. The van der Waals surface area contributed by atoms with Crippen LogP contribution in [0.4, 0.5) is 0 Å². The Morgan fingerprint density at radius 2 is 1.87 bits per heavy atom. The van der Waals surface area contributed by atoms with Gasteiger partial charge in [-0.3, -0.25) is 5.32 Å². The summed E-state index contributed by atoms with van der Waals surface area (Å²) in [7, 11) is 0. The molecule has 0 amide bonds. The van der Waals surface area contributed by atoms with Crippen LogP contribution in [-0.2, 0) is 9.47 Å². The zero-order valence-corrected chi connectivity index (χ0v) is 10.1. The summed E-state index contributed by atoms with van der Waals surface area (Å²) in [6, 6.07) is 0. The molecule has 0 aromatic heterocycles. The smallest absolute Gasteiger partial charge is 0.117 e. The third kappa shape index (κ3) is 2.92. The summed E-state index contributed by atoms with van der Waals surface area (Å²) in [4.78, 5) is 0. The van der Waals surface area contributed by atoms with E-state index in [1.165, 1.54) is 12.8 Å². The highest BCUT2D eigenvalue weighted by Crippen LogP contribution is 2.32. The summed E-state index contributed by atoms with van der Waals surface area (Å²) < 4.78 is 11.3. The number of hydrogen-bond acceptors (Lipinski definition) is 3. The maximum Gasteiger partial charge on any atom is 0.117 e. The minimum absolute atomic E-state index is 0.120. The van der Waals surface area contributed by atoms with Crippen molar-refractivity contribution in [3.63, 3.8) is 0 Å². The second-order valence-electron chi connectivity index (χ2n) is 5.79. The second-order valence-corrected chi connectivity index (χ2v) is 5.79. The third-order valence-electron chi connectivity index (χ3n) is 3.37. The van der Waals surface area contributed by atoms with E-state index in [9.17, 15) is 0 Å². The van der Waals surface area contributed by atoms with Crippen LogP contribution in [0.2, 0.25) is 0 Å². The highest BCUT2D eigenvalue weighted by atomic mass is 16.5. The first-order valence-corrected chi connectivity index (χ1v) is 6.00. The fraction of sp³-hybridized carbons (Fsp3) is 1.00. The van der Waals surface area contributed by atoms with Crippen molar-refractivity contribution < 1.29 is 9.47 Å². The largest absolute Gasteiger partial charge is 0.381 e. The minimum atomic E-state index is -0.120. The van der Waals surface area contributed by atoms with Crippen LogP contribution in [0.15, 0.2) is 0 Å². The van der Waals surface area contributed by atoms with E-state index in [0.29, 0.717) is 0 Å². The van der Waals surface area contributed by atoms with Crippen LogP contribution in [0.25, 0.3) is 0 Å². The van der Waals surface area contributed by atoms with E-state index >= 15 is 0 Å². The van der Waals surface area contributed by atoms with Gasteiger partial charge in [-0.2, -0.15) is 0 Å². The van der Waals surface area contributed by atoms with Gasteiger partial charge < -0.3 is 9.47 Å². The van der Waals surface area contributed by atoms with Crippen LogP contribution in [0.1, 0.15) is 40.0 Å². The first kappa shape index (κ1) is 11.4. The van der Waals surface area contributed by atoms with Gasteiger partial charge in [0, 0.05) is 18.8 Å². The molecule has 2 fully saturated rings. The molecule has 2 rings (SSSR count).